The summed E-state index contributed by atoms with van der Waals surface area (Å²) < 4.78 is 0.209. The maximum Gasteiger partial charge on any atom is 0.191 e. The summed E-state index contributed by atoms with van der Waals surface area (Å²) in [7, 11) is 1.80. The first-order valence-corrected chi connectivity index (χ1v) is 7.68. The highest BCUT2D eigenvalue weighted by molar-refractivity contribution is 7.99. The van der Waals surface area contributed by atoms with E-state index >= 15 is 0 Å². The fourth-order valence-electron chi connectivity index (χ4n) is 1.46. The SMILES string of the molecule is CN=C(NCCc1cccnc1)NCC(C)(C)SC. The zero-order valence-electron chi connectivity index (χ0n) is 12.2. The second-order valence-corrected chi connectivity index (χ2v) is 6.44. The van der Waals surface area contributed by atoms with Crippen molar-refractivity contribution >= 4 is 17.7 Å². The van der Waals surface area contributed by atoms with Gasteiger partial charge in [0.1, 0.15) is 0 Å². The molecule has 1 aromatic heterocycles. The van der Waals surface area contributed by atoms with Gasteiger partial charge in [0.15, 0.2) is 5.96 Å². The van der Waals surface area contributed by atoms with Gasteiger partial charge in [0, 0.05) is 37.3 Å². The lowest BCUT2D eigenvalue weighted by molar-refractivity contribution is 0.664. The standard InChI is InChI=1S/C14H24N4S/c1-14(2,19-4)11-18-13(15-3)17-9-7-12-6-5-8-16-10-12/h5-6,8,10H,7,9,11H2,1-4H3,(H2,15,17,18). The number of aliphatic imine (C=N–C) groups is 1. The van der Waals surface area contributed by atoms with Crippen LogP contribution in [0.15, 0.2) is 29.5 Å². The fraction of sp³-hybridized carbons (Fsp3) is 0.571. The lowest BCUT2D eigenvalue weighted by atomic mass is 10.2. The molecule has 0 radical (unpaired) electrons. The summed E-state index contributed by atoms with van der Waals surface area (Å²) >= 11 is 1.85. The number of aromatic nitrogens is 1. The molecule has 0 aliphatic carbocycles. The summed E-state index contributed by atoms with van der Waals surface area (Å²) in [5, 5.41) is 6.67. The lowest BCUT2D eigenvalue weighted by Gasteiger charge is -2.23. The van der Waals surface area contributed by atoms with Crippen molar-refractivity contribution in [1.82, 2.24) is 15.6 Å². The van der Waals surface area contributed by atoms with Crippen molar-refractivity contribution in [3.05, 3.63) is 30.1 Å². The average molecular weight is 280 g/mol. The molecule has 5 heteroatoms. The first-order chi connectivity index (χ1) is 9.07. The zero-order chi connectivity index (χ0) is 14.1. The highest BCUT2D eigenvalue weighted by Crippen LogP contribution is 2.19. The summed E-state index contributed by atoms with van der Waals surface area (Å²) in [6.07, 6.45) is 6.76. The van der Waals surface area contributed by atoms with E-state index in [0.717, 1.165) is 25.5 Å². The molecule has 0 aromatic carbocycles. The Balaban J connectivity index is 2.30. The van der Waals surface area contributed by atoms with E-state index in [0.29, 0.717) is 0 Å². The fourth-order valence-corrected chi connectivity index (χ4v) is 1.68. The number of hydrogen-bond donors (Lipinski definition) is 2. The molecule has 0 saturated heterocycles. The third kappa shape index (κ3) is 6.47. The molecular weight excluding hydrogens is 256 g/mol. The molecule has 19 heavy (non-hydrogen) atoms. The van der Waals surface area contributed by atoms with Crippen LogP contribution in [0.5, 0.6) is 0 Å². The lowest BCUT2D eigenvalue weighted by Crippen LogP contribution is -2.43. The van der Waals surface area contributed by atoms with Gasteiger partial charge in [-0.15, -0.1) is 0 Å². The quantitative estimate of drug-likeness (QED) is 0.617. The molecule has 0 aliphatic heterocycles. The van der Waals surface area contributed by atoms with Gasteiger partial charge in [-0.1, -0.05) is 6.07 Å². The molecule has 0 spiro atoms. The molecule has 0 saturated carbocycles. The summed E-state index contributed by atoms with van der Waals surface area (Å²) in [5.74, 6) is 0.853. The number of thioether (sulfide) groups is 1. The maximum atomic E-state index is 4.23. The largest absolute Gasteiger partial charge is 0.356 e. The van der Waals surface area contributed by atoms with Crippen LogP contribution in [-0.2, 0) is 6.42 Å². The van der Waals surface area contributed by atoms with Crippen LogP contribution < -0.4 is 10.6 Å². The predicted octanol–water partition coefficient (Wildman–Crippen LogP) is 1.93. The number of pyridine rings is 1. The molecule has 0 fully saturated rings. The van der Waals surface area contributed by atoms with E-state index in [1.807, 2.05) is 24.0 Å². The third-order valence-electron chi connectivity index (χ3n) is 2.89. The molecule has 4 nitrogen and oxygen atoms in total. The zero-order valence-corrected chi connectivity index (χ0v) is 13.0. The minimum absolute atomic E-state index is 0.209. The van der Waals surface area contributed by atoms with Crippen molar-refractivity contribution in [2.24, 2.45) is 4.99 Å². The van der Waals surface area contributed by atoms with Crippen LogP contribution in [0.1, 0.15) is 19.4 Å². The summed E-state index contributed by atoms with van der Waals surface area (Å²) in [6, 6.07) is 4.05. The molecule has 106 valence electrons. The molecule has 0 bridgehead atoms. The van der Waals surface area contributed by atoms with Gasteiger partial charge in [-0.05, 0) is 38.2 Å². The van der Waals surface area contributed by atoms with Crippen molar-refractivity contribution in [3.63, 3.8) is 0 Å². The van der Waals surface area contributed by atoms with Crippen molar-refractivity contribution in [2.45, 2.75) is 25.0 Å². The molecule has 1 heterocycles. The van der Waals surface area contributed by atoms with Gasteiger partial charge >= 0.3 is 0 Å². The Morgan fingerprint density at radius 2 is 2.21 bits per heavy atom. The number of guanidine groups is 1. The van der Waals surface area contributed by atoms with Crippen LogP contribution in [-0.4, -0.2) is 42.1 Å². The Labute approximate surface area is 120 Å². The van der Waals surface area contributed by atoms with E-state index in [1.54, 1.807) is 13.2 Å². The van der Waals surface area contributed by atoms with Crippen molar-refractivity contribution in [2.75, 3.05) is 26.4 Å². The Bertz CT molecular complexity index is 390. The molecule has 0 atom stereocenters. The molecule has 2 N–H and O–H groups in total. The third-order valence-corrected chi connectivity index (χ3v) is 4.14. The van der Waals surface area contributed by atoms with Crippen LogP contribution in [0.25, 0.3) is 0 Å². The number of hydrogen-bond acceptors (Lipinski definition) is 3. The molecule has 0 amide bonds. The van der Waals surface area contributed by atoms with E-state index in [4.69, 9.17) is 0 Å². The smallest absolute Gasteiger partial charge is 0.191 e. The van der Waals surface area contributed by atoms with Crippen LogP contribution >= 0.6 is 11.8 Å². The Morgan fingerprint density at radius 3 is 2.79 bits per heavy atom. The van der Waals surface area contributed by atoms with Gasteiger partial charge in [-0.2, -0.15) is 11.8 Å². The van der Waals surface area contributed by atoms with Crippen LogP contribution in [0, 0.1) is 0 Å². The molecular formula is C14H24N4S. The number of nitrogens with one attached hydrogen (secondary N) is 2. The normalized spacial score (nSPS) is 12.3. The Kier molecular flexibility index (Phi) is 6.70. The summed E-state index contributed by atoms with van der Waals surface area (Å²) in [4.78, 5) is 8.33. The van der Waals surface area contributed by atoms with Crippen LogP contribution in [0.2, 0.25) is 0 Å². The van der Waals surface area contributed by atoms with Crippen molar-refractivity contribution in [3.8, 4) is 0 Å². The highest BCUT2D eigenvalue weighted by atomic mass is 32.2. The van der Waals surface area contributed by atoms with Gasteiger partial charge in [-0.25, -0.2) is 0 Å². The van der Waals surface area contributed by atoms with Gasteiger partial charge < -0.3 is 10.6 Å². The van der Waals surface area contributed by atoms with Crippen molar-refractivity contribution in [1.29, 1.82) is 0 Å². The topological polar surface area (TPSA) is 49.3 Å². The van der Waals surface area contributed by atoms with Crippen LogP contribution in [0.4, 0.5) is 0 Å². The number of nitrogens with zero attached hydrogens (tertiary/aromatic N) is 2. The van der Waals surface area contributed by atoms with Gasteiger partial charge in [0.05, 0.1) is 0 Å². The second-order valence-electron chi connectivity index (χ2n) is 4.93. The molecule has 1 aromatic rings. The summed E-state index contributed by atoms with van der Waals surface area (Å²) in [5.41, 5.74) is 1.23. The van der Waals surface area contributed by atoms with E-state index < -0.39 is 0 Å². The second kappa shape index (κ2) is 8.04. The molecule has 0 aliphatic rings. The molecule has 1 rings (SSSR count). The van der Waals surface area contributed by atoms with E-state index in [-0.39, 0.29) is 4.75 Å². The monoisotopic (exact) mass is 280 g/mol. The Hall–Kier alpha value is -1.23. The van der Waals surface area contributed by atoms with E-state index in [9.17, 15) is 0 Å². The minimum Gasteiger partial charge on any atom is -0.356 e. The van der Waals surface area contributed by atoms with Gasteiger partial charge in [0.25, 0.3) is 0 Å². The minimum atomic E-state index is 0.209. The maximum absolute atomic E-state index is 4.23. The average Bonchev–Trinajstić information content (AvgIpc) is 2.43. The predicted molar refractivity (Wildman–Crippen MR) is 84.9 cm³/mol. The first kappa shape index (κ1) is 15.8. The van der Waals surface area contributed by atoms with Gasteiger partial charge in [0.2, 0.25) is 0 Å². The first-order valence-electron chi connectivity index (χ1n) is 6.46. The summed E-state index contributed by atoms with van der Waals surface area (Å²) in [6.45, 7) is 6.17. The van der Waals surface area contributed by atoms with Crippen molar-refractivity contribution < 1.29 is 0 Å². The highest BCUT2D eigenvalue weighted by Gasteiger charge is 2.15. The van der Waals surface area contributed by atoms with E-state index in [1.165, 1.54) is 5.56 Å². The van der Waals surface area contributed by atoms with Crippen LogP contribution in [0.3, 0.4) is 0 Å². The molecule has 0 unspecified atom stereocenters. The Morgan fingerprint density at radius 1 is 1.42 bits per heavy atom. The number of rotatable bonds is 6. The van der Waals surface area contributed by atoms with Gasteiger partial charge in [-0.3, -0.25) is 9.98 Å². The van der Waals surface area contributed by atoms with E-state index in [2.05, 4.69) is 46.8 Å².